The van der Waals surface area contributed by atoms with Crippen LogP contribution in [-0.2, 0) is 9.59 Å². The first-order valence-corrected chi connectivity index (χ1v) is 9.52. The molecule has 2 aliphatic rings. The van der Waals surface area contributed by atoms with E-state index in [9.17, 15) is 14.4 Å². The zero-order chi connectivity index (χ0) is 19.7. The molecule has 1 aromatic heterocycles. The van der Waals surface area contributed by atoms with Crippen LogP contribution in [0.3, 0.4) is 0 Å². The maximum Gasteiger partial charge on any atom is 0.289 e. The first-order chi connectivity index (χ1) is 13.5. The van der Waals surface area contributed by atoms with Crippen LogP contribution in [0.5, 0.6) is 0 Å². The zero-order valence-electron chi connectivity index (χ0n) is 15.8. The summed E-state index contributed by atoms with van der Waals surface area (Å²) in [6.07, 6.45) is 2.06. The van der Waals surface area contributed by atoms with E-state index in [0.717, 1.165) is 11.3 Å². The van der Waals surface area contributed by atoms with Gasteiger partial charge in [-0.2, -0.15) is 0 Å². The Hall–Kier alpha value is -3.09. The van der Waals surface area contributed by atoms with E-state index >= 15 is 0 Å². The third-order valence-electron chi connectivity index (χ3n) is 5.37. The fraction of sp³-hybridized carbons (Fsp3) is 0.381. The lowest BCUT2D eigenvalue weighted by Crippen LogP contribution is -2.51. The number of rotatable bonds is 4. The second-order valence-electron chi connectivity index (χ2n) is 7.40. The molecule has 7 heteroatoms. The molecule has 1 aliphatic heterocycles. The van der Waals surface area contributed by atoms with Gasteiger partial charge in [0.15, 0.2) is 5.76 Å². The van der Waals surface area contributed by atoms with Crippen molar-refractivity contribution in [1.29, 1.82) is 0 Å². The molecule has 2 fully saturated rings. The molecule has 1 saturated heterocycles. The molecule has 2 heterocycles. The number of aryl methyl sites for hydroxylation is 1. The molecule has 2 unspecified atom stereocenters. The number of nitrogens with zero attached hydrogens (tertiary/aromatic N) is 2. The summed E-state index contributed by atoms with van der Waals surface area (Å²) in [5, 5.41) is 2.88. The second kappa shape index (κ2) is 7.50. The fourth-order valence-corrected chi connectivity index (χ4v) is 3.55. The predicted octanol–water partition coefficient (Wildman–Crippen LogP) is 2.15. The van der Waals surface area contributed by atoms with E-state index in [1.807, 2.05) is 31.2 Å². The minimum atomic E-state index is -0.267. The van der Waals surface area contributed by atoms with E-state index in [-0.39, 0.29) is 29.6 Å². The third kappa shape index (κ3) is 3.78. The lowest BCUT2D eigenvalue weighted by molar-refractivity contribution is -0.135. The van der Waals surface area contributed by atoms with Gasteiger partial charge in [0.1, 0.15) is 0 Å². The molecular formula is C21H23N3O4. The zero-order valence-corrected chi connectivity index (χ0v) is 15.8. The fourth-order valence-electron chi connectivity index (χ4n) is 3.55. The first-order valence-electron chi connectivity index (χ1n) is 9.52. The van der Waals surface area contributed by atoms with Gasteiger partial charge in [0.2, 0.25) is 11.8 Å². The summed E-state index contributed by atoms with van der Waals surface area (Å²) in [5.74, 6) is -0.453. The quantitative estimate of drug-likeness (QED) is 0.880. The highest BCUT2D eigenvalue weighted by atomic mass is 16.3. The van der Waals surface area contributed by atoms with Gasteiger partial charge in [-0.15, -0.1) is 0 Å². The van der Waals surface area contributed by atoms with E-state index in [2.05, 4.69) is 5.32 Å². The highest BCUT2D eigenvalue weighted by Crippen LogP contribution is 2.41. The molecule has 1 saturated carbocycles. The van der Waals surface area contributed by atoms with Crippen molar-refractivity contribution in [2.75, 3.05) is 31.5 Å². The molecule has 0 radical (unpaired) electrons. The molecule has 28 heavy (non-hydrogen) atoms. The van der Waals surface area contributed by atoms with Gasteiger partial charge < -0.3 is 19.5 Å². The third-order valence-corrected chi connectivity index (χ3v) is 5.37. The van der Waals surface area contributed by atoms with Gasteiger partial charge in [0.25, 0.3) is 5.91 Å². The number of hydrogen-bond acceptors (Lipinski definition) is 4. The summed E-state index contributed by atoms with van der Waals surface area (Å²) in [6.45, 7) is 3.89. The summed E-state index contributed by atoms with van der Waals surface area (Å²) in [7, 11) is 0. The van der Waals surface area contributed by atoms with Crippen molar-refractivity contribution in [2.45, 2.75) is 13.3 Å². The Morgan fingerprint density at radius 2 is 1.64 bits per heavy atom. The number of hydrogen-bond donors (Lipinski definition) is 1. The van der Waals surface area contributed by atoms with E-state index in [4.69, 9.17) is 4.42 Å². The SMILES string of the molecule is Cc1ccc(NC(=O)C2CC2C(=O)N2CCN(C(=O)c3ccco3)CC2)cc1. The predicted molar refractivity (Wildman–Crippen MR) is 103 cm³/mol. The van der Waals surface area contributed by atoms with Crippen LogP contribution in [0.2, 0.25) is 0 Å². The van der Waals surface area contributed by atoms with Crippen molar-refractivity contribution < 1.29 is 18.8 Å². The summed E-state index contributed by atoms with van der Waals surface area (Å²) in [6, 6.07) is 10.9. The average molecular weight is 381 g/mol. The highest BCUT2D eigenvalue weighted by molar-refractivity contribution is 5.99. The Morgan fingerprint density at radius 1 is 0.964 bits per heavy atom. The number of amides is 3. The molecule has 1 aliphatic carbocycles. The van der Waals surface area contributed by atoms with Crippen molar-refractivity contribution in [1.82, 2.24) is 9.80 Å². The number of furan rings is 1. The Morgan fingerprint density at radius 3 is 2.29 bits per heavy atom. The molecule has 0 bridgehead atoms. The highest BCUT2D eigenvalue weighted by Gasteiger charge is 2.49. The van der Waals surface area contributed by atoms with Gasteiger partial charge in [0.05, 0.1) is 18.1 Å². The summed E-state index contributed by atoms with van der Waals surface area (Å²) < 4.78 is 5.15. The molecule has 1 aromatic carbocycles. The van der Waals surface area contributed by atoms with Crippen LogP contribution in [0.25, 0.3) is 0 Å². The van der Waals surface area contributed by atoms with Gasteiger partial charge in [-0.1, -0.05) is 17.7 Å². The molecule has 2 atom stereocenters. The van der Waals surface area contributed by atoms with Gasteiger partial charge in [0, 0.05) is 31.9 Å². The van der Waals surface area contributed by atoms with Gasteiger partial charge >= 0.3 is 0 Å². The number of anilines is 1. The van der Waals surface area contributed by atoms with Crippen LogP contribution in [0.1, 0.15) is 22.5 Å². The minimum absolute atomic E-state index is 0.00848. The average Bonchev–Trinajstić information content (AvgIpc) is 3.33. The van der Waals surface area contributed by atoms with Crippen molar-refractivity contribution >= 4 is 23.4 Å². The largest absolute Gasteiger partial charge is 0.459 e. The Balaban J connectivity index is 1.26. The number of piperazine rings is 1. The summed E-state index contributed by atoms with van der Waals surface area (Å²) in [4.78, 5) is 40.8. The maximum absolute atomic E-state index is 12.7. The molecule has 0 spiro atoms. The Kier molecular flexibility index (Phi) is 4.90. The van der Waals surface area contributed by atoms with Crippen molar-refractivity contribution in [2.24, 2.45) is 11.8 Å². The second-order valence-corrected chi connectivity index (χ2v) is 7.40. The van der Waals surface area contributed by atoms with Crippen LogP contribution in [0.4, 0.5) is 5.69 Å². The number of carbonyl (C=O) groups excluding carboxylic acids is 3. The normalized spacial score (nSPS) is 21.3. The van der Waals surface area contributed by atoms with E-state index in [0.29, 0.717) is 38.4 Å². The molecule has 2 aromatic rings. The topological polar surface area (TPSA) is 82.9 Å². The van der Waals surface area contributed by atoms with Crippen LogP contribution in [0, 0.1) is 18.8 Å². The molecule has 7 nitrogen and oxygen atoms in total. The standard InChI is InChI=1S/C21H23N3O4/c1-14-4-6-15(7-5-14)22-19(25)16-13-17(16)20(26)23-8-10-24(11-9-23)21(27)18-3-2-12-28-18/h2-7,12,16-17H,8-11,13H2,1H3,(H,22,25). The molecule has 146 valence electrons. The van der Waals surface area contributed by atoms with E-state index < -0.39 is 0 Å². The molecule has 3 amide bonds. The number of benzene rings is 1. The van der Waals surface area contributed by atoms with Crippen molar-refractivity contribution in [3.05, 3.63) is 54.0 Å². The van der Waals surface area contributed by atoms with Crippen LogP contribution >= 0.6 is 0 Å². The van der Waals surface area contributed by atoms with E-state index in [1.54, 1.807) is 21.9 Å². The van der Waals surface area contributed by atoms with Gasteiger partial charge in [-0.3, -0.25) is 14.4 Å². The van der Waals surface area contributed by atoms with Crippen LogP contribution in [-0.4, -0.2) is 53.7 Å². The van der Waals surface area contributed by atoms with Crippen molar-refractivity contribution in [3.8, 4) is 0 Å². The monoisotopic (exact) mass is 381 g/mol. The van der Waals surface area contributed by atoms with Crippen LogP contribution in [0.15, 0.2) is 47.1 Å². The first kappa shape index (κ1) is 18.3. The Bertz CT molecular complexity index is 868. The van der Waals surface area contributed by atoms with Gasteiger partial charge in [-0.05, 0) is 37.6 Å². The maximum atomic E-state index is 12.7. The number of nitrogens with one attached hydrogen (secondary N) is 1. The Labute approximate surface area is 163 Å². The van der Waals surface area contributed by atoms with Crippen molar-refractivity contribution in [3.63, 3.8) is 0 Å². The smallest absolute Gasteiger partial charge is 0.289 e. The van der Waals surface area contributed by atoms with E-state index in [1.165, 1.54) is 6.26 Å². The summed E-state index contributed by atoms with van der Waals surface area (Å²) >= 11 is 0. The van der Waals surface area contributed by atoms with Gasteiger partial charge in [-0.25, -0.2) is 0 Å². The molecular weight excluding hydrogens is 358 g/mol. The number of carbonyl (C=O) groups is 3. The lowest BCUT2D eigenvalue weighted by Gasteiger charge is -2.34. The van der Waals surface area contributed by atoms with Crippen LogP contribution < -0.4 is 5.32 Å². The summed E-state index contributed by atoms with van der Waals surface area (Å²) in [5.41, 5.74) is 1.88. The minimum Gasteiger partial charge on any atom is -0.459 e. The molecule has 1 N–H and O–H groups in total. The lowest BCUT2D eigenvalue weighted by atomic mass is 10.2. The molecule has 4 rings (SSSR count).